The number of likely N-dealkylation sites (N-methyl/N-ethyl adjacent to an activating group) is 1. The molecule has 2 aliphatic rings. The summed E-state index contributed by atoms with van der Waals surface area (Å²) in [6.07, 6.45) is 2.25. The molecular weight excluding hydrogens is 266 g/mol. The summed E-state index contributed by atoms with van der Waals surface area (Å²) < 4.78 is 0. The van der Waals surface area contributed by atoms with E-state index in [1.54, 1.807) is 11.9 Å². The summed E-state index contributed by atoms with van der Waals surface area (Å²) in [6, 6.07) is 7.99. The second-order valence-electron chi connectivity index (χ2n) is 6.10. The summed E-state index contributed by atoms with van der Waals surface area (Å²) in [4.78, 5) is 27.1. The summed E-state index contributed by atoms with van der Waals surface area (Å²) in [5, 5.41) is 3.53. The van der Waals surface area contributed by atoms with Crippen LogP contribution >= 0.6 is 0 Å². The number of nitrogens with zero attached hydrogens (tertiary/aromatic N) is 2. The van der Waals surface area contributed by atoms with E-state index in [1.165, 1.54) is 10.5 Å². The third kappa shape index (κ3) is 2.42. The minimum atomic E-state index is -0.439. The van der Waals surface area contributed by atoms with Gasteiger partial charge in [0, 0.05) is 31.4 Å². The van der Waals surface area contributed by atoms with E-state index < -0.39 is 11.8 Å². The maximum Gasteiger partial charge on any atom is 0.316 e. The van der Waals surface area contributed by atoms with Crippen molar-refractivity contribution in [1.82, 2.24) is 10.2 Å². The molecule has 3 rings (SSSR count). The molecule has 1 unspecified atom stereocenters. The molecule has 0 bridgehead atoms. The maximum atomic E-state index is 12.2. The fourth-order valence-corrected chi connectivity index (χ4v) is 3.14. The first-order valence-corrected chi connectivity index (χ1v) is 7.44. The van der Waals surface area contributed by atoms with E-state index in [-0.39, 0.29) is 5.54 Å². The summed E-state index contributed by atoms with van der Waals surface area (Å²) in [5.74, 6) is -0.873. The van der Waals surface area contributed by atoms with Gasteiger partial charge in [0.1, 0.15) is 0 Å². The topological polar surface area (TPSA) is 52.6 Å². The Bertz CT molecular complexity index is 579. The molecular formula is C16H21N3O2. The molecule has 0 spiro atoms. The van der Waals surface area contributed by atoms with E-state index in [1.807, 2.05) is 18.2 Å². The molecule has 2 amide bonds. The highest BCUT2D eigenvalue weighted by molar-refractivity contribution is 6.40. The van der Waals surface area contributed by atoms with E-state index >= 15 is 0 Å². The van der Waals surface area contributed by atoms with Crippen LogP contribution < -0.4 is 10.2 Å². The van der Waals surface area contributed by atoms with Gasteiger partial charge in [-0.1, -0.05) is 12.1 Å². The van der Waals surface area contributed by atoms with Crippen LogP contribution in [0, 0.1) is 0 Å². The first kappa shape index (κ1) is 14.1. The molecule has 0 aromatic heterocycles. The Balaban J connectivity index is 1.90. The number of carbonyl (C=O) groups excluding carboxylic acids is 2. The lowest BCUT2D eigenvalue weighted by Crippen LogP contribution is -2.53. The van der Waals surface area contributed by atoms with Crippen LogP contribution in [0.1, 0.15) is 25.3 Å². The smallest absolute Gasteiger partial charge is 0.316 e. The number of piperazine rings is 1. The second kappa shape index (κ2) is 5.15. The van der Waals surface area contributed by atoms with Gasteiger partial charge in [0.05, 0.1) is 0 Å². The van der Waals surface area contributed by atoms with Gasteiger partial charge in [-0.25, -0.2) is 0 Å². The van der Waals surface area contributed by atoms with Gasteiger partial charge in [0.25, 0.3) is 0 Å². The molecule has 5 nitrogen and oxygen atoms in total. The molecule has 1 N–H and O–H groups in total. The van der Waals surface area contributed by atoms with Crippen LogP contribution in [0.4, 0.5) is 5.69 Å². The largest absolute Gasteiger partial charge is 0.336 e. The highest BCUT2D eigenvalue weighted by atomic mass is 16.2. The highest BCUT2D eigenvalue weighted by Gasteiger charge is 2.33. The molecule has 1 atom stereocenters. The van der Waals surface area contributed by atoms with E-state index in [0.717, 1.165) is 25.1 Å². The van der Waals surface area contributed by atoms with Gasteiger partial charge in [-0.3, -0.25) is 9.59 Å². The van der Waals surface area contributed by atoms with E-state index in [0.29, 0.717) is 13.1 Å². The van der Waals surface area contributed by atoms with Crippen molar-refractivity contribution in [2.45, 2.75) is 25.3 Å². The zero-order valence-electron chi connectivity index (χ0n) is 12.6. The predicted molar refractivity (Wildman–Crippen MR) is 81.0 cm³/mol. The number of benzene rings is 1. The summed E-state index contributed by atoms with van der Waals surface area (Å²) in [7, 11) is 1.66. The number of hydrogen-bond acceptors (Lipinski definition) is 3. The van der Waals surface area contributed by atoms with Gasteiger partial charge in [0.15, 0.2) is 0 Å². The molecule has 21 heavy (non-hydrogen) atoms. The highest BCUT2D eigenvalue weighted by Crippen LogP contribution is 2.32. The van der Waals surface area contributed by atoms with Crippen molar-refractivity contribution >= 4 is 17.5 Å². The minimum absolute atomic E-state index is 0.0321. The number of anilines is 1. The third-order valence-electron chi connectivity index (χ3n) is 4.60. The lowest BCUT2D eigenvalue weighted by Gasteiger charge is -2.32. The number of nitrogens with one attached hydrogen (secondary N) is 1. The van der Waals surface area contributed by atoms with E-state index in [2.05, 4.69) is 18.3 Å². The Morgan fingerprint density at radius 1 is 1.19 bits per heavy atom. The van der Waals surface area contributed by atoms with Crippen LogP contribution in [0.3, 0.4) is 0 Å². The molecule has 2 heterocycles. The monoisotopic (exact) mass is 287 g/mol. The number of carbonyl (C=O) groups is 2. The Morgan fingerprint density at radius 3 is 2.71 bits per heavy atom. The second-order valence-corrected chi connectivity index (χ2v) is 6.10. The van der Waals surface area contributed by atoms with Gasteiger partial charge in [-0.05, 0) is 44.0 Å². The molecule has 0 saturated carbocycles. The Morgan fingerprint density at radius 2 is 2.00 bits per heavy atom. The van der Waals surface area contributed by atoms with Crippen LogP contribution in [-0.4, -0.2) is 43.4 Å². The fourth-order valence-electron chi connectivity index (χ4n) is 3.14. The molecule has 1 aromatic carbocycles. The zero-order valence-corrected chi connectivity index (χ0v) is 12.6. The Kier molecular flexibility index (Phi) is 3.45. The Hall–Kier alpha value is -1.88. The maximum absolute atomic E-state index is 12.2. The molecule has 112 valence electrons. The van der Waals surface area contributed by atoms with Gasteiger partial charge in [0.2, 0.25) is 0 Å². The van der Waals surface area contributed by atoms with Crippen molar-refractivity contribution in [2.24, 2.45) is 0 Å². The van der Waals surface area contributed by atoms with Gasteiger partial charge >= 0.3 is 11.8 Å². The molecule has 2 fully saturated rings. The average Bonchev–Trinajstić information content (AvgIpc) is 2.93. The van der Waals surface area contributed by atoms with Crippen molar-refractivity contribution in [3.63, 3.8) is 0 Å². The van der Waals surface area contributed by atoms with Gasteiger partial charge in [-0.2, -0.15) is 0 Å². The number of hydrogen-bond donors (Lipinski definition) is 1. The predicted octanol–water partition coefficient (Wildman–Crippen LogP) is 1.09. The summed E-state index contributed by atoms with van der Waals surface area (Å²) in [5.41, 5.74) is 1.96. The van der Waals surface area contributed by atoms with Crippen molar-refractivity contribution in [2.75, 3.05) is 31.6 Å². The first-order valence-electron chi connectivity index (χ1n) is 7.44. The van der Waals surface area contributed by atoms with Crippen LogP contribution in [0.15, 0.2) is 24.3 Å². The van der Waals surface area contributed by atoms with Crippen LogP contribution in [-0.2, 0) is 15.1 Å². The summed E-state index contributed by atoms with van der Waals surface area (Å²) >= 11 is 0. The number of rotatable bonds is 2. The van der Waals surface area contributed by atoms with Crippen molar-refractivity contribution < 1.29 is 9.59 Å². The lowest BCUT2D eigenvalue weighted by molar-refractivity contribution is -0.145. The van der Waals surface area contributed by atoms with Crippen LogP contribution in [0.5, 0.6) is 0 Å². The molecule has 2 saturated heterocycles. The quantitative estimate of drug-likeness (QED) is 0.829. The normalized spacial score (nSPS) is 26.6. The number of amides is 2. The molecule has 2 aliphatic heterocycles. The third-order valence-corrected chi connectivity index (χ3v) is 4.60. The molecule has 0 aliphatic carbocycles. The molecule has 1 aromatic rings. The summed E-state index contributed by atoms with van der Waals surface area (Å²) in [6.45, 7) is 4.34. The molecule has 0 radical (unpaired) electrons. The first-order chi connectivity index (χ1) is 10.0. The van der Waals surface area contributed by atoms with Crippen LogP contribution in [0.2, 0.25) is 0 Å². The SMILES string of the molecule is CN1CCN(c2cccc(C3(C)CCCN3)c2)C(=O)C1=O. The van der Waals surface area contributed by atoms with Crippen molar-refractivity contribution in [1.29, 1.82) is 0 Å². The minimum Gasteiger partial charge on any atom is -0.336 e. The molecule has 5 heteroatoms. The zero-order chi connectivity index (χ0) is 15.0. The fraction of sp³-hybridized carbons (Fsp3) is 0.500. The van der Waals surface area contributed by atoms with Crippen molar-refractivity contribution in [3.05, 3.63) is 29.8 Å². The van der Waals surface area contributed by atoms with Gasteiger partial charge < -0.3 is 15.1 Å². The standard InChI is InChI=1S/C16H21N3O2/c1-16(7-4-8-17-16)12-5-3-6-13(11-12)19-10-9-18(2)14(20)15(19)21/h3,5-6,11,17H,4,7-10H2,1-2H3. The Labute approximate surface area is 124 Å². The van der Waals surface area contributed by atoms with E-state index in [4.69, 9.17) is 0 Å². The average molecular weight is 287 g/mol. The van der Waals surface area contributed by atoms with Gasteiger partial charge in [-0.15, -0.1) is 0 Å². The van der Waals surface area contributed by atoms with Crippen molar-refractivity contribution in [3.8, 4) is 0 Å². The van der Waals surface area contributed by atoms with E-state index in [9.17, 15) is 9.59 Å². The lowest BCUT2D eigenvalue weighted by atomic mass is 9.90. The van der Waals surface area contributed by atoms with Crippen LogP contribution in [0.25, 0.3) is 0 Å².